The molecule has 0 aliphatic carbocycles. The Kier molecular flexibility index (Phi) is 3.60. The van der Waals surface area contributed by atoms with Crippen LogP contribution in [0.15, 0.2) is 30.3 Å². The summed E-state index contributed by atoms with van der Waals surface area (Å²) in [5.74, 6) is -1.37. The maximum atomic E-state index is 11.8. The van der Waals surface area contributed by atoms with Gasteiger partial charge in [0.2, 0.25) is 4.21 Å². The Morgan fingerprint density at radius 3 is 2.31 bits per heavy atom. The Balaban J connectivity index is 3.02. The number of primary amides is 1. The fraction of sp³-hybridized carbons (Fsp3) is 0.300. The highest BCUT2D eigenvalue weighted by molar-refractivity contribution is 7.94. The van der Waals surface area contributed by atoms with Crippen molar-refractivity contribution in [1.29, 1.82) is 0 Å². The first-order valence-electron chi connectivity index (χ1n) is 4.52. The van der Waals surface area contributed by atoms with E-state index in [9.17, 15) is 13.2 Å². The van der Waals surface area contributed by atoms with Crippen LogP contribution in [-0.4, -0.2) is 18.5 Å². The maximum Gasteiger partial charge on any atom is 0.253 e. The maximum absolute atomic E-state index is 11.8. The van der Waals surface area contributed by atoms with Crippen LogP contribution in [0.3, 0.4) is 0 Å². The summed E-state index contributed by atoms with van der Waals surface area (Å²) in [6.07, 6.45) is 0. The summed E-state index contributed by atoms with van der Waals surface area (Å²) in [7, 11) is -3.82. The number of rotatable bonds is 4. The van der Waals surface area contributed by atoms with E-state index in [0.29, 0.717) is 5.56 Å². The molecular formula is C10H12ClNO3S. The fourth-order valence-corrected chi connectivity index (χ4v) is 2.45. The number of hydrogen-bond donors (Lipinski definition) is 1. The average Bonchev–Trinajstić information content (AvgIpc) is 2.18. The minimum atomic E-state index is -3.82. The van der Waals surface area contributed by atoms with Gasteiger partial charge in [-0.05, 0) is 12.5 Å². The lowest BCUT2D eigenvalue weighted by molar-refractivity contribution is -0.118. The first kappa shape index (κ1) is 13.0. The summed E-state index contributed by atoms with van der Waals surface area (Å²) < 4.78 is 21.6. The zero-order valence-electron chi connectivity index (χ0n) is 8.68. The normalized spacial score (nSPS) is 15.4. The first-order chi connectivity index (χ1) is 7.27. The lowest BCUT2D eigenvalue weighted by atomic mass is 10.2. The van der Waals surface area contributed by atoms with Crippen molar-refractivity contribution in [3.05, 3.63) is 35.9 Å². The van der Waals surface area contributed by atoms with E-state index >= 15 is 0 Å². The zero-order chi connectivity index (χ0) is 12.4. The molecule has 2 N–H and O–H groups in total. The Labute approximate surface area is 99.3 Å². The zero-order valence-corrected chi connectivity index (χ0v) is 10.3. The molecule has 4 nitrogen and oxygen atoms in total. The van der Waals surface area contributed by atoms with E-state index in [4.69, 9.17) is 17.3 Å². The van der Waals surface area contributed by atoms with Crippen LogP contribution >= 0.6 is 11.6 Å². The molecule has 1 amide bonds. The minimum absolute atomic E-state index is 0.309. The first-order valence-corrected chi connectivity index (χ1v) is 6.55. The van der Waals surface area contributed by atoms with Crippen LogP contribution in [0.1, 0.15) is 12.5 Å². The highest BCUT2D eigenvalue weighted by Gasteiger charge is 2.42. The third-order valence-electron chi connectivity index (χ3n) is 2.22. The lowest BCUT2D eigenvalue weighted by Crippen LogP contribution is -2.43. The highest BCUT2D eigenvalue weighted by atomic mass is 35.5. The van der Waals surface area contributed by atoms with E-state index in [-0.39, 0.29) is 5.75 Å². The molecule has 1 aromatic carbocycles. The van der Waals surface area contributed by atoms with Gasteiger partial charge in [0.25, 0.3) is 5.91 Å². The van der Waals surface area contributed by atoms with Gasteiger partial charge in [-0.2, -0.15) is 0 Å². The quantitative estimate of drug-likeness (QED) is 0.823. The van der Waals surface area contributed by atoms with Crippen molar-refractivity contribution in [2.45, 2.75) is 16.9 Å². The molecule has 0 aromatic heterocycles. The van der Waals surface area contributed by atoms with Crippen molar-refractivity contribution in [2.75, 3.05) is 0 Å². The second-order valence-corrected chi connectivity index (χ2v) is 6.84. The molecule has 0 fully saturated rings. The number of hydrogen-bond acceptors (Lipinski definition) is 3. The Hall–Kier alpha value is -1.07. The minimum Gasteiger partial charge on any atom is -0.367 e. The molecule has 0 aliphatic rings. The predicted octanol–water partition coefficient (Wildman–Crippen LogP) is 1.04. The standard InChI is InChI=1S/C10H12ClNO3S/c1-10(11,9(12)13)16(14,15)7-8-5-3-2-4-6-8/h2-6H,7H2,1H3,(H2,12,13). The van der Waals surface area contributed by atoms with Crippen LogP contribution in [0.25, 0.3) is 0 Å². The van der Waals surface area contributed by atoms with Gasteiger partial charge in [-0.1, -0.05) is 41.9 Å². The summed E-state index contributed by atoms with van der Waals surface area (Å²) in [6.45, 7) is 1.09. The largest absolute Gasteiger partial charge is 0.367 e. The number of halogens is 1. The average molecular weight is 262 g/mol. The van der Waals surface area contributed by atoms with Gasteiger partial charge in [0.05, 0.1) is 5.75 Å². The van der Waals surface area contributed by atoms with Crippen molar-refractivity contribution in [1.82, 2.24) is 0 Å². The molecule has 0 radical (unpaired) electrons. The molecule has 1 unspecified atom stereocenters. The lowest BCUT2D eigenvalue weighted by Gasteiger charge is -2.18. The summed E-state index contributed by atoms with van der Waals surface area (Å²) in [6, 6.07) is 8.47. The van der Waals surface area contributed by atoms with Crippen LogP contribution in [-0.2, 0) is 20.4 Å². The van der Waals surface area contributed by atoms with E-state index in [1.54, 1.807) is 30.3 Å². The van der Waals surface area contributed by atoms with Crippen molar-refractivity contribution in [3.63, 3.8) is 0 Å². The monoisotopic (exact) mass is 261 g/mol. The molecule has 0 heterocycles. The van der Waals surface area contributed by atoms with Gasteiger partial charge in [0, 0.05) is 0 Å². The number of carbonyl (C=O) groups excluding carboxylic acids is 1. The highest BCUT2D eigenvalue weighted by Crippen LogP contribution is 2.25. The van der Waals surface area contributed by atoms with Gasteiger partial charge in [-0.25, -0.2) is 8.42 Å². The van der Waals surface area contributed by atoms with Gasteiger partial charge in [0.1, 0.15) is 0 Å². The molecule has 88 valence electrons. The Bertz CT molecular complexity index is 482. The van der Waals surface area contributed by atoms with E-state index in [1.807, 2.05) is 0 Å². The SMILES string of the molecule is CC(Cl)(C(N)=O)S(=O)(=O)Cc1ccccc1. The molecule has 0 saturated carbocycles. The molecule has 0 aliphatic heterocycles. The molecule has 0 bridgehead atoms. The molecule has 0 spiro atoms. The van der Waals surface area contributed by atoms with Crippen molar-refractivity contribution < 1.29 is 13.2 Å². The van der Waals surface area contributed by atoms with Gasteiger partial charge < -0.3 is 5.73 Å². The summed E-state index contributed by atoms with van der Waals surface area (Å²) in [4.78, 5) is 11.0. The second kappa shape index (κ2) is 4.43. The molecule has 1 atom stereocenters. The fourth-order valence-electron chi connectivity index (χ4n) is 1.08. The predicted molar refractivity (Wildman–Crippen MR) is 62.5 cm³/mol. The summed E-state index contributed by atoms with van der Waals surface area (Å²) >= 11 is 5.65. The smallest absolute Gasteiger partial charge is 0.253 e. The van der Waals surface area contributed by atoms with Crippen LogP contribution in [0.5, 0.6) is 0 Å². The number of amides is 1. The van der Waals surface area contributed by atoms with E-state index in [2.05, 4.69) is 0 Å². The number of carbonyl (C=O) groups is 1. The number of nitrogens with two attached hydrogens (primary N) is 1. The van der Waals surface area contributed by atoms with E-state index < -0.39 is 20.0 Å². The topological polar surface area (TPSA) is 77.2 Å². The Morgan fingerprint density at radius 1 is 1.38 bits per heavy atom. The van der Waals surface area contributed by atoms with Gasteiger partial charge in [-0.15, -0.1) is 0 Å². The summed E-state index contributed by atoms with van der Waals surface area (Å²) in [5.41, 5.74) is 5.53. The van der Waals surface area contributed by atoms with Crippen molar-refractivity contribution in [2.24, 2.45) is 5.73 Å². The number of sulfone groups is 1. The third kappa shape index (κ3) is 2.54. The van der Waals surface area contributed by atoms with Gasteiger partial charge in [0.15, 0.2) is 9.84 Å². The molecular weight excluding hydrogens is 250 g/mol. The van der Waals surface area contributed by atoms with Crippen LogP contribution in [0.2, 0.25) is 0 Å². The molecule has 1 aromatic rings. The van der Waals surface area contributed by atoms with Crippen LogP contribution in [0.4, 0.5) is 0 Å². The van der Waals surface area contributed by atoms with Crippen molar-refractivity contribution >= 4 is 27.3 Å². The van der Waals surface area contributed by atoms with Gasteiger partial charge >= 0.3 is 0 Å². The summed E-state index contributed by atoms with van der Waals surface area (Å²) in [5, 5.41) is 0. The Morgan fingerprint density at radius 2 is 1.88 bits per heavy atom. The number of alkyl halides is 1. The number of benzene rings is 1. The molecule has 0 saturated heterocycles. The van der Waals surface area contributed by atoms with Gasteiger partial charge in [-0.3, -0.25) is 4.79 Å². The second-order valence-electron chi connectivity index (χ2n) is 3.53. The molecule has 1 rings (SSSR count). The third-order valence-corrected chi connectivity index (χ3v) is 5.20. The van der Waals surface area contributed by atoms with Crippen LogP contribution < -0.4 is 5.73 Å². The van der Waals surface area contributed by atoms with Crippen molar-refractivity contribution in [3.8, 4) is 0 Å². The van der Waals surface area contributed by atoms with E-state index in [1.165, 1.54) is 0 Å². The van der Waals surface area contributed by atoms with Crippen LogP contribution in [0, 0.1) is 0 Å². The molecule has 16 heavy (non-hydrogen) atoms. The van der Waals surface area contributed by atoms with E-state index in [0.717, 1.165) is 6.92 Å². The molecule has 6 heteroatoms.